The van der Waals surface area contributed by atoms with Crippen molar-refractivity contribution in [3.05, 3.63) is 57.5 Å². The van der Waals surface area contributed by atoms with Gasteiger partial charge in [0.1, 0.15) is 5.82 Å². The summed E-state index contributed by atoms with van der Waals surface area (Å²) in [7, 11) is 0. The van der Waals surface area contributed by atoms with Gasteiger partial charge in [0, 0.05) is 19.0 Å². The van der Waals surface area contributed by atoms with Crippen LogP contribution in [0.3, 0.4) is 0 Å². The molecule has 0 fully saturated rings. The van der Waals surface area contributed by atoms with Gasteiger partial charge in [-0.1, -0.05) is 5.16 Å². The summed E-state index contributed by atoms with van der Waals surface area (Å²) < 4.78 is 11.9. The Balaban J connectivity index is 1.61. The van der Waals surface area contributed by atoms with Crippen molar-refractivity contribution in [1.82, 2.24) is 14.7 Å². The maximum absolute atomic E-state index is 12.4. The Labute approximate surface area is 136 Å². The first-order valence-corrected chi connectivity index (χ1v) is 7.74. The molecular weight excluding hydrogens is 310 g/mol. The van der Waals surface area contributed by atoms with Crippen LogP contribution in [0, 0.1) is 6.92 Å². The van der Waals surface area contributed by atoms with Crippen molar-refractivity contribution >= 4 is 16.9 Å². The Morgan fingerprint density at radius 2 is 2.25 bits per heavy atom. The number of hydrogen-bond acceptors (Lipinski definition) is 6. The number of nitrogens with zero attached hydrogens (tertiary/aromatic N) is 3. The Bertz CT molecular complexity index is 1000. The summed E-state index contributed by atoms with van der Waals surface area (Å²) >= 11 is 0. The highest BCUT2D eigenvalue weighted by Crippen LogP contribution is 2.17. The lowest BCUT2D eigenvalue weighted by molar-refractivity contribution is 0.0437. The van der Waals surface area contributed by atoms with Crippen LogP contribution in [0.25, 0.3) is 10.9 Å². The van der Waals surface area contributed by atoms with Crippen LogP contribution < -0.4 is 5.56 Å². The molecular formula is C17H15N3O4. The molecule has 4 rings (SSSR count). The van der Waals surface area contributed by atoms with Gasteiger partial charge in [-0.15, -0.1) is 0 Å². The number of carbonyl (C=O) groups is 1. The summed E-state index contributed by atoms with van der Waals surface area (Å²) in [4.78, 5) is 29.1. The lowest BCUT2D eigenvalue weighted by atomic mass is 10.1. The molecule has 0 bridgehead atoms. The van der Waals surface area contributed by atoms with Gasteiger partial charge in [-0.05, 0) is 31.5 Å². The summed E-state index contributed by atoms with van der Waals surface area (Å²) in [6.45, 7) is 2.51. The maximum atomic E-state index is 12.4. The van der Waals surface area contributed by atoms with Crippen LogP contribution in [0.4, 0.5) is 0 Å². The predicted octanol–water partition coefficient (Wildman–Crippen LogP) is 2.00. The first-order valence-electron chi connectivity index (χ1n) is 7.74. The first kappa shape index (κ1) is 14.6. The van der Waals surface area contributed by atoms with E-state index in [-0.39, 0.29) is 12.2 Å². The van der Waals surface area contributed by atoms with Crippen LogP contribution in [-0.2, 0) is 24.3 Å². The molecule has 0 saturated heterocycles. The molecule has 0 atom stereocenters. The zero-order valence-electron chi connectivity index (χ0n) is 13.1. The van der Waals surface area contributed by atoms with Crippen LogP contribution in [0.2, 0.25) is 0 Å². The highest BCUT2D eigenvalue weighted by Gasteiger charge is 2.17. The van der Waals surface area contributed by atoms with E-state index in [2.05, 4.69) is 10.1 Å². The molecule has 122 valence electrons. The minimum atomic E-state index is -0.492. The molecule has 3 aromatic rings. The van der Waals surface area contributed by atoms with Gasteiger partial charge in [-0.3, -0.25) is 9.36 Å². The molecule has 3 heterocycles. The van der Waals surface area contributed by atoms with E-state index in [1.165, 1.54) is 0 Å². The smallest absolute Gasteiger partial charge is 0.338 e. The average Bonchev–Trinajstić information content (AvgIpc) is 3.21. The third kappa shape index (κ3) is 2.47. The van der Waals surface area contributed by atoms with Crippen molar-refractivity contribution < 1.29 is 14.1 Å². The second-order valence-electron chi connectivity index (χ2n) is 5.83. The third-order valence-electron chi connectivity index (χ3n) is 4.07. The third-order valence-corrected chi connectivity index (χ3v) is 4.07. The second kappa shape index (κ2) is 5.59. The number of aromatic nitrogens is 3. The lowest BCUT2D eigenvalue weighted by Gasteiger charge is -2.07. The number of esters is 1. The van der Waals surface area contributed by atoms with Gasteiger partial charge in [0.25, 0.3) is 5.56 Å². The summed E-state index contributed by atoms with van der Waals surface area (Å²) in [6.07, 6.45) is 1.70. The first-order chi connectivity index (χ1) is 11.6. The normalized spacial score (nSPS) is 13.2. The van der Waals surface area contributed by atoms with Gasteiger partial charge >= 0.3 is 5.97 Å². The van der Waals surface area contributed by atoms with E-state index in [1.807, 2.05) is 0 Å². The molecule has 24 heavy (non-hydrogen) atoms. The quantitative estimate of drug-likeness (QED) is 0.685. The summed E-state index contributed by atoms with van der Waals surface area (Å²) in [5, 5.41) is 4.25. The van der Waals surface area contributed by atoms with Gasteiger partial charge in [0.15, 0.2) is 12.4 Å². The van der Waals surface area contributed by atoms with Crippen molar-refractivity contribution in [3.63, 3.8) is 0 Å². The molecule has 0 unspecified atom stereocenters. The van der Waals surface area contributed by atoms with Crippen LogP contribution in [0.5, 0.6) is 0 Å². The Morgan fingerprint density at radius 1 is 1.38 bits per heavy atom. The fourth-order valence-electron chi connectivity index (χ4n) is 2.92. The predicted molar refractivity (Wildman–Crippen MR) is 84.7 cm³/mol. The number of benzene rings is 1. The molecule has 1 aromatic carbocycles. The summed E-state index contributed by atoms with van der Waals surface area (Å²) in [5.41, 5.74) is 1.56. The standard InChI is InChI=1S/C17H15N3O4/c1-10-7-12(24-19-10)9-23-17(22)11-4-5-13-14(8-11)18-15-3-2-6-20(15)16(13)21/h4-5,7-8H,2-3,6,9H2,1H3. The van der Waals surface area contributed by atoms with E-state index >= 15 is 0 Å². The molecule has 1 aliphatic rings. The van der Waals surface area contributed by atoms with E-state index in [0.29, 0.717) is 28.8 Å². The number of aryl methyl sites for hydroxylation is 2. The molecule has 0 N–H and O–H groups in total. The van der Waals surface area contributed by atoms with E-state index in [1.54, 1.807) is 35.8 Å². The highest BCUT2D eigenvalue weighted by atomic mass is 16.5. The van der Waals surface area contributed by atoms with Crippen molar-refractivity contribution in [1.29, 1.82) is 0 Å². The fraction of sp³-hybridized carbons (Fsp3) is 0.294. The lowest BCUT2D eigenvalue weighted by Crippen LogP contribution is -2.21. The number of hydrogen-bond donors (Lipinski definition) is 0. The highest BCUT2D eigenvalue weighted by molar-refractivity contribution is 5.94. The zero-order valence-corrected chi connectivity index (χ0v) is 13.1. The molecule has 7 heteroatoms. The average molecular weight is 325 g/mol. The Kier molecular flexibility index (Phi) is 3.41. The number of carbonyl (C=O) groups excluding carboxylic acids is 1. The molecule has 2 aromatic heterocycles. The van der Waals surface area contributed by atoms with Crippen molar-refractivity contribution in [2.75, 3.05) is 0 Å². The van der Waals surface area contributed by atoms with Crippen LogP contribution in [0.1, 0.15) is 34.1 Å². The van der Waals surface area contributed by atoms with E-state index in [4.69, 9.17) is 9.26 Å². The Hall–Kier alpha value is -2.96. The summed E-state index contributed by atoms with van der Waals surface area (Å²) in [5.74, 6) is 0.763. The largest absolute Gasteiger partial charge is 0.454 e. The molecule has 1 aliphatic heterocycles. The van der Waals surface area contributed by atoms with Crippen molar-refractivity contribution in [2.24, 2.45) is 0 Å². The van der Waals surface area contributed by atoms with Gasteiger partial charge < -0.3 is 9.26 Å². The molecule has 0 saturated carbocycles. The zero-order chi connectivity index (χ0) is 16.7. The van der Waals surface area contributed by atoms with Gasteiger partial charge in [0.05, 0.1) is 22.2 Å². The molecule has 0 spiro atoms. The summed E-state index contributed by atoms with van der Waals surface area (Å²) in [6, 6.07) is 6.52. The van der Waals surface area contributed by atoms with Crippen LogP contribution in [0.15, 0.2) is 33.6 Å². The molecule has 0 amide bonds. The second-order valence-corrected chi connectivity index (χ2v) is 5.83. The van der Waals surface area contributed by atoms with Gasteiger partial charge in [0.2, 0.25) is 0 Å². The number of ether oxygens (including phenoxy) is 1. The van der Waals surface area contributed by atoms with Crippen molar-refractivity contribution in [3.8, 4) is 0 Å². The minimum absolute atomic E-state index is 0.0119. The van der Waals surface area contributed by atoms with Crippen molar-refractivity contribution in [2.45, 2.75) is 32.9 Å². The monoisotopic (exact) mass is 325 g/mol. The van der Waals surface area contributed by atoms with Crippen LogP contribution >= 0.6 is 0 Å². The van der Waals surface area contributed by atoms with Gasteiger partial charge in [-0.25, -0.2) is 9.78 Å². The number of fused-ring (bicyclic) bond motifs is 2. The maximum Gasteiger partial charge on any atom is 0.338 e. The number of rotatable bonds is 3. The SMILES string of the molecule is Cc1cc(COC(=O)c2ccc3c(=O)n4c(nc3c2)CCC4)on1. The molecule has 0 aliphatic carbocycles. The molecule has 7 nitrogen and oxygen atoms in total. The van der Waals surface area contributed by atoms with Crippen LogP contribution in [-0.4, -0.2) is 20.7 Å². The fourth-order valence-corrected chi connectivity index (χ4v) is 2.92. The molecule has 0 radical (unpaired) electrons. The van der Waals surface area contributed by atoms with E-state index in [0.717, 1.165) is 24.4 Å². The minimum Gasteiger partial charge on any atom is -0.454 e. The van der Waals surface area contributed by atoms with E-state index in [9.17, 15) is 9.59 Å². The van der Waals surface area contributed by atoms with E-state index < -0.39 is 5.97 Å². The topological polar surface area (TPSA) is 87.2 Å². The Morgan fingerprint density at radius 3 is 3.04 bits per heavy atom. The van der Waals surface area contributed by atoms with Gasteiger partial charge in [-0.2, -0.15) is 0 Å².